The smallest absolute Gasteiger partial charge is 0.0907 e. The van der Waals surface area contributed by atoms with Gasteiger partial charge in [0.25, 0.3) is 0 Å². The van der Waals surface area contributed by atoms with Crippen LogP contribution in [-0.2, 0) is 6.54 Å². The molecular formula is C14H13N3S. The summed E-state index contributed by atoms with van der Waals surface area (Å²) in [6, 6.07) is 10.3. The molecule has 0 radical (unpaired) electrons. The van der Waals surface area contributed by atoms with E-state index in [4.69, 9.17) is 5.73 Å². The number of hydrogen-bond donors (Lipinski definition) is 1. The molecular weight excluding hydrogens is 242 g/mol. The second-order valence-electron chi connectivity index (χ2n) is 4.17. The van der Waals surface area contributed by atoms with Gasteiger partial charge in [0.05, 0.1) is 20.9 Å². The predicted octanol–water partition coefficient (Wildman–Crippen LogP) is 3.13. The van der Waals surface area contributed by atoms with E-state index in [1.807, 2.05) is 25.3 Å². The first-order valence-electron chi connectivity index (χ1n) is 5.79. The minimum Gasteiger partial charge on any atom is -0.326 e. The van der Waals surface area contributed by atoms with Crippen molar-refractivity contribution in [2.24, 2.45) is 5.73 Å². The van der Waals surface area contributed by atoms with Crippen molar-refractivity contribution in [3.05, 3.63) is 47.1 Å². The van der Waals surface area contributed by atoms with Gasteiger partial charge in [-0.25, -0.2) is 4.98 Å². The summed E-state index contributed by atoms with van der Waals surface area (Å²) in [5.41, 5.74) is 9.71. The molecule has 3 nitrogen and oxygen atoms in total. The van der Waals surface area contributed by atoms with Gasteiger partial charge in [0.1, 0.15) is 0 Å². The standard InChI is InChI=1S/C14H13N3S/c1-9-17-13-6-11(3-5-14(13)18-9)12-4-2-10(7-15)8-16-12/h2-6,8H,7,15H2,1H3. The van der Waals surface area contributed by atoms with Crippen LogP contribution in [0.1, 0.15) is 10.6 Å². The average Bonchev–Trinajstić information content (AvgIpc) is 2.78. The molecule has 2 N–H and O–H groups in total. The maximum Gasteiger partial charge on any atom is 0.0907 e. The molecule has 2 aromatic heterocycles. The third-order valence-electron chi connectivity index (χ3n) is 2.85. The van der Waals surface area contributed by atoms with E-state index in [1.165, 1.54) is 4.70 Å². The normalized spacial score (nSPS) is 11.0. The van der Waals surface area contributed by atoms with Crippen LogP contribution in [0.15, 0.2) is 36.5 Å². The van der Waals surface area contributed by atoms with Gasteiger partial charge in [0.15, 0.2) is 0 Å². The Morgan fingerprint density at radius 3 is 2.83 bits per heavy atom. The lowest BCUT2D eigenvalue weighted by atomic mass is 10.1. The van der Waals surface area contributed by atoms with Crippen LogP contribution in [0.4, 0.5) is 0 Å². The fraction of sp³-hybridized carbons (Fsp3) is 0.143. The van der Waals surface area contributed by atoms with Crippen molar-refractivity contribution < 1.29 is 0 Å². The second-order valence-corrected chi connectivity index (χ2v) is 5.41. The van der Waals surface area contributed by atoms with Crippen molar-refractivity contribution in [1.82, 2.24) is 9.97 Å². The quantitative estimate of drug-likeness (QED) is 0.765. The highest BCUT2D eigenvalue weighted by Crippen LogP contribution is 2.26. The zero-order valence-corrected chi connectivity index (χ0v) is 10.9. The van der Waals surface area contributed by atoms with Crippen LogP contribution >= 0.6 is 11.3 Å². The molecule has 0 aliphatic carbocycles. The van der Waals surface area contributed by atoms with E-state index in [2.05, 4.69) is 28.2 Å². The number of thiazole rings is 1. The molecule has 0 aliphatic heterocycles. The Balaban J connectivity index is 2.06. The van der Waals surface area contributed by atoms with Crippen molar-refractivity contribution in [1.29, 1.82) is 0 Å². The van der Waals surface area contributed by atoms with E-state index >= 15 is 0 Å². The number of fused-ring (bicyclic) bond motifs is 1. The third kappa shape index (κ3) is 2.00. The van der Waals surface area contributed by atoms with Crippen molar-refractivity contribution in [2.45, 2.75) is 13.5 Å². The lowest BCUT2D eigenvalue weighted by Crippen LogP contribution is -1.96. The van der Waals surface area contributed by atoms with Crippen molar-refractivity contribution >= 4 is 21.6 Å². The third-order valence-corrected chi connectivity index (χ3v) is 3.80. The summed E-state index contributed by atoms with van der Waals surface area (Å²) in [4.78, 5) is 8.93. The Morgan fingerprint density at radius 1 is 1.22 bits per heavy atom. The molecule has 0 saturated carbocycles. The van der Waals surface area contributed by atoms with E-state index in [0.717, 1.165) is 27.3 Å². The molecule has 18 heavy (non-hydrogen) atoms. The largest absolute Gasteiger partial charge is 0.326 e. The van der Waals surface area contributed by atoms with Crippen molar-refractivity contribution in [3.63, 3.8) is 0 Å². The lowest BCUT2D eigenvalue weighted by molar-refractivity contribution is 1.05. The average molecular weight is 255 g/mol. The second kappa shape index (κ2) is 4.48. The van der Waals surface area contributed by atoms with Gasteiger partial charge in [-0.1, -0.05) is 12.1 Å². The summed E-state index contributed by atoms with van der Waals surface area (Å²) in [7, 11) is 0. The number of pyridine rings is 1. The van der Waals surface area contributed by atoms with E-state index in [9.17, 15) is 0 Å². The highest BCUT2D eigenvalue weighted by atomic mass is 32.1. The monoisotopic (exact) mass is 255 g/mol. The van der Waals surface area contributed by atoms with Crippen LogP contribution in [-0.4, -0.2) is 9.97 Å². The van der Waals surface area contributed by atoms with E-state index < -0.39 is 0 Å². The fourth-order valence-electron chi connectivity index (χ4n) is 1.92. The van der Waals surface area contributed by atoms with Crippen LogP contribution in [0.2, 0.25) is 0 Å². The molecule has 90 valence electrons. The number of aromatic nitrogens is 2. The fourth-order valence-corrected chi connectivity index (χ4v) is 2.73. The minimum absolute atomic E-state index is 0.525. The van der Waals surface area contributed by atoms with Gasteiger partial charge < -0.3 is 5.73 Å². The van der Waals surface area contributed by atoms with Gasteiger partial charge in [0, 0.05) is 18.3 Å². The van der Waals surface area contributed by atoms with E-state index in [0.29, 0.717) is 6.54 Å². The Kier molecular flexibility index (Phi) is 2.81. The molecule has 0 fully saturated rings. The topological polar surface area (TPSA) is 51.8 Å². The molecule has 0 spiro atoms. The first kappa shape index (κ1) is 11.3. The molecule has 4 heteroatoms. The summed E-state index contributed by atoms with van der Waals surface area (Å²) >= 11 is 1.71. The van der Waals surface area contributed by atoms with Gasteiger partial charge in [-0.2, -0.15) is 0 Å². The van der Waals surface area contributed by atoms with E-state index in [-0.39, 0.29) is 0 Å². The Hall–Kier alpha value is -1.78. The van der Waals surface area contributed by atoms with Crippen molar-refractivity contribution in [3.8, 4) is 11.3 Å². The molecule has 0 unspecified atom stereocenters. The Labute approximate surface area is 109 Å². The maximum absolute atomic E-state index is 5.57. The van der Waals surface area contributed by atoms with Crippen molar-refractivity contribution in [2.75, 3.05) is 0 Å². The molecule has 3 aromatic rings. The summed E-state index contributed by atoms with van der Waals surface area (Å²) < 4.78 is 1.22. The summed E-state index contributed by atoms with van der Waals surface area (Å²) in [6.45, 7) is 2.55. The number of nitrogens with two attached hydrogens (primary N) is 1. The zero-order valence-electron chi connectivity index (χ0n) is 10.1. The molecule has 0 aliphatic rings. The van der Waals surface area contributed by atoms with Gasteiger partial charge in [0.2, 0.25) is 0 Å². The Bertz CT molecular complexity index is 686. The molecule has 2 heterocycles. The zero-order chi connectivity index (χ0) is 12.5. The van der Waals surface area contributed by atoms with Crippen LogP contribution in [0.5, 0.6) is 0 Å². The summed E-state index contributed by atoms with van der Waals surface area (Å²) in [5.74, 6) is 0. The highest BCUT2D eigenvalue weighted by Gasteiger charge is 2.04. The van der Waals surface area contributed by atoms with Gasteiger partial charge in [-0.3, -0.25) is 4.98 Å². The molecule has 0 bridgehead atoms. The molecule has 3 rings (SSSR count). The minimum atomic E-state index is 0.525. The molecule has 0 atom stereocenters. The van der Waals surface area contributed by atoms with Crippen LogP contribution in [0, 0.1) is 6.92 Å². The molecule has 0 amide bonds. The van der Waals surface area contributed by atoms with Gasteiger partial charge >= 0.3 is 0 Å². The number of rotatable bonds is 2. The maximum atomic E-state index is 5.57. The van der Waals surface area contributed by atoms with Gasteiger partial charge in [-0.15, -0.1) is 11.3 Å². The Morgan fingerprint density at radius 2 is 2.11 bits per heavy atom. The SMILES string of the molecule is Cc1nc2cc(-c3ccc(CN)cn3)ccc2s1. The first-order valence-corrected chi connectivity index (χ1v) is 6.60. The van der Waals surface area contributed by atoms with Crippen LogP contribution in [0.3, 0.4) is 0 Å². The first-order chi connectivity index (χ1) is 8.76. The number of nitrogens with zero attached hydrogens (tertiary/aromatic N) is 2. The van der Waals surface area contributed by atoms with Crippen LogP contribution in [0.25, 0.3) is 21.5 Å². The number of hydrogen-bond acceptors (Lipinski definition) is 4. The lowest BCUT2D eigenvalue weighted by Gasteiger charge is -2.02. The van der Waals surface area contributed by atoms with Gasteiger partial charge in [-0.05, 0) is 30.7 Å². The highest BCUT2D eigenvalue weighted by molar-refractivity contribution is 7.18. The summed E-state index contributed by atoms with van der Waals surface area (Å²) in [5, 5.41) is 1.09. The number of benzene rings is 1. The number of aryl methyl sites for hydroxylation is 1. The summed E-state index contributed by atoms with van der Waals surface area (Å²) in [6.07, 6.45) is 1.83. The van der Waals surface area contributed by atoms with Crippen LogP contribution < -0.4 is 5.73 Å². The molecule has 1 aromatic carbocycles. The van der Waals surface area contributed by atoms with E-state index in [1.54, 1.807) is 11.3 Å². The molecule has 0 saturated heterocycles. The predicted molar refractivity (Wildman–Crippen MR) is 75.5 cm³/mol.